The van der Waals surface area contributed by atoms with E-state index in [0.29, 0.717) is 10.8 Å². The van der Waals surface area contributed by atoms with Crippen LogP contribution in [0.1, 0.15) is 16.9 Å². The van der Waals surface area contributed by atoms with Crippen molar-refractivity contribution in [2.24, 2.45) is 7.05 Å². The molecule has 0 saturated carbocycles. The number of nitrogens with zero attached hydrogens (tertiary/aromatic N) is 3. The predicted octanol–water partition coefficient (Wildman–Crippen LogP) is -0.318. The van der Waals surface area contributed by atoms with Crippen LogP contribution in [-0.4, -0.2) is 57.5 Å². The van der Waals surface area contributed by atoms with Crippen LogP contribution in [0, 0.1) is 0 Å². The smallest absolute Gasteiger partial charge is 0.328 e. The molecule has 24 heavy (non-hydrogen) atoms. The highest BCUT2D eigenvalue weighted by Gasteiger charge is 2.41. The molecule has 2 aromatic rings. The molecule has 1 aliphatic heterocycles. The predicted molar refractivity (Wildman–Crippen MR) is 84.4 cm³/mol. The van der Waals surface area contributed by atoms with Gasteiger partial charge >= 0.3 is 5.97 Å². The molecule has 1 amide bonds. The molecule has 2 heterocycles. The third-order valence-electron chi connectivity index (χ3n) is 4.17. The van der Waals surface area contributed by atoms with Crippen molar-refractivity contribution in [2.45, 2.75) is 18.6 Å². The van der Waals surface area contributed by atoms with Crippen LogP contribution in [0.5, 0.6) is 0 Å². The number of aryl methyl sites for hydroxylation is 1. The second kappa shape index (κ2) is 6.04. The quantitative estimate of drug-likeness (QED) is 0.757. The van der Waals surface area contributed by atoms with Gasteiger partial charge in [0, 0.05) is 25.4 Å². The molecule has 0 radical (unpaired) electrons. The summed E-state index contributed by atoms with van der Waals surface area (Å²) in [7, 11) is 2.69. The molecule has 0 unspecified atom stereocenters. The first-order chi connectivity index (χ1) is 11.4. The van der Waals surface area contributed by atoms with Crippen LogP contribution in [0.4, 0.5) is 0 Å². The number of hydrogen-bond acceptors (Lipinski definition) is 6. The fourth-order valence-electron chi connectivity index (χ4n) is 2.99. The van der Waals surface area contributed by atoms with Gasteiger partial charge in [-0.25, -0.2) is 9.48 Å². The van der Waals surface area contributed by atoms with Gasteiger partial charge in [0.2, 0.25) is 0 Å². The van der Waals surface area contributed by atoms with Crippen LogP contribution in [0.15, 0.2) is 29.1 Å². The number of rotatable bonds is 2. The number of ether oxygens (including phenoxy) is 1. The summed E-state index contributed by atoms with van der Waals surface area (Å²) >= 11 is 0. The minimum absolute atomic E-state index is 0.0114. The van der Waals surface area contributed by atoms with E-state index >= 15 is 0 Å². The first-order valence-corrected chi connectivity index (χ1v) is 7.47. The Bertz CT molecular complexity index is 876. The number of hydrogen-bond donors (Lipinski definition) is 1. The van der Waals surface area contributed by atoms with Gasteiger partial charge in [0.1, 0.15) is 6.04 Å². The number of carbonyl (C=O) groups is 2. The molecule has 1 N–H and O–H groups in total. The van der Waals surface area contributed by atoms with Gasteiger partial charge in [0.05, 0.1) is 18.6 Å². The van der Waals surface area contributed by atoms with E-state index in [1.165, 1.54) is 19.1 Å². The summed E-state index contributed by atoms with van der Waals surface area (Å²) in [5, 5.41) is 14.7. The number of likely N-dealkylation sites (tertiary alicyclic amines) is 1. The van der Waals surface area contributed by atoms with Gasteiger partial charge in [-0.05, 0) is 6.07 Å². The normalized spacial score (nSPS) is 20.4. The Labute approximate surface area is 137 Å². The first kappa shape index (κ1) is 16.1. The topological polar surface area (TPSA) is 102 Å². The van der Waals surface area contributed by atoms with Crippen LogP contribution >= 0.6 is 0 Å². The highest BCUT2D eigenvalue weighted by atomic mass is 16.5. The summed E-state index contributed by atoms with van der Waals surface area (Å²) in [4.78, 5) is 38.2. The van der Waals surface area contributed by atoms with E-state index in [2.05, 4.69) is 5.10 Å². The molecule has 3 rings (SSSR count). The molecule has 8 nitrogen and oxygen atoms in total. The number of carbonyl (C=O) groups excluding carboxylic acids is 2. The first-order valence-electron chi connectivity index (χ1n) is 7.47. The molecule has 1 aromatic heterocycles. The van der Waals surface area contributed by atoms with Crippen LogP contribution in [0.3, 0.4) is 0 Å². The maximum atomic E-state index is 12.9. The molecule has 2 atom stereocenters. The van der Waals surface area contributed by atoms with Gasteiger partial charge in [-0.2, -0.15) is 5.10 Å². The van der Waals surface area contributed by atoms with E-state index in [1.807, 2.05) is 0 Å². The maximum absolute atomic E-state index is 12.9. The van der Waals surface area contributed by atoms with Crippen molar-refractivity contribution in [1.82, 2.24) is 14.7 Å². The van der Waals surface area contributed by atoms with Crippen molar-refractivity contribution < 1.29 is 19.4 Å². The van der Waals surface area contributed by atoms with Gasteiger partial charge < -0.3 is 14.7 Å². The number of esters is 1. The van der Waals surface area contributed by atoms with Gasteiger partial charge in [0.15, 0.2) is 5.69 Å². The average molecular weight is 331 g/mol. The van der Waals surface area contributed by atoms with Crippen molar-refractivity contribution in [2.75, 3.05) is 13.7 Å². The lowest BCUT2D eigenvalue weighted by molar-refractivity contribution is -0.145. The summed E-state index contributed by atoms with van der Waals surface area (Å²) in [5.41, 5.74) is -0.246. The van der Waals surface area contributed by atoms with Crippen LogP contribution < -0.4 is 5.56 Å². The zero-order chi connectivity index (χ0) is 17.4. The van der Waals surface area contributed by atoms with Crippen molar-refractivity contribution in [3.63, 3.8) is 0 Å². The third-order valence-corrected chi connectivity index (χ3v) is 4.17. The van der Waals surface area contributed by atoms with Crippen molar-refractivity contribution in [3.05, 3.63) is 40.3 Å². The van der Waals surface area contributed by atoms with Crippen LogP contribution in [0.25, 0.3) is 10.8 Å². The lowest BCUT2D eigenvalue weighted by Crippen LogP contribution is -2.42. The number of amides is 1. The highest BCUT2D eigenvalue weighted by Crippen LogP contribution is 2.23. The van der Waals surface area contributed by atoms with Crippen molar-refractivity contribution in [1.29, 1.82) is 0 Å². The molecule has 1 aliphatic rings. The van der Waals surface area contributed by atoms with E-state index in [0.717, 1.165) is 4.68 Å². The SMILES string of the molecule is COC(=O)[C@H]1C[C@H](O)CN1C(=O)c1nn(C)c(=O)c2ccccc12. The van der Waals surface area contributed by atoms with E-state index in [9.17, 15) is 19.5 Å². The number of β-amino-alcohol motifs (C(OH)–C–C–N with tert-alkyl or cyclic N) is 1. The average Bonchev–Trinajstić information content (AvgIpc) is 2.98. The summed E-state index contributed by atoms with van der Waals surface area (Å²) in [6.45, 7) is 0.0114. The zero-order valence-electron chi connectivity index (χ0n) is 13.3. The molecular weight excluding hydrogens is 314 g/mol. The fraction of sp³-hybridized carbons (Fsp3) is 0.375. The number of aromatic nitrogens is 2. The standard InChI is InChI=1S/C16H17N3O5/c1-18-14(21)11-6-4-3-5-10(11)13(17-18)15(22)19-8-9(20)7-12(19)16(23)24-2/h3-6,9,12,20H,7-8H2,1-2H3/t9-,12+/m0/s1. The summed E-state index contributed by atoms with van der Waals surface area (Å²) in [6, 6.07) is 5.80. The zero-order valence-corrected chi connectivity index (χ0v) is 13.3. The van der Waals surface area contributed by atoms with Crippen molar-refractivity contribution in [3.8, 4) is 0 Å². The Balaban J connectivity index is 2.10. The lowest BCUT2D eigenvalue weighted by atomic mass is 10.1. The highest BCUT2D eigenvalue weighted by molar-refractivity contribution is 6.06. The van der Waals surface area contributed by atoms with Crippen molar-refractivity contribution >= 4 is 22.6 Å². The minimum atomic E-state index is -0.865. The second-order valence-corrected chi connectivity index (χ2v) is 5.71. The number of benzene rings is 1. The van der Waals surface area contributed by atoms with E-state index in [1.54, 1.807) is 24.3 Å². The monoisotopic (exact) mass is 331 g/mol. The molecule has 0 bridgehead atoms. The third kappa shape index (κ3) is 2.54. The van der Waals surface area contributed by atoms with Crippen LogP contribution in [-0.2, 0) is 16.6 Å². The summed E-state index contributed by atoms with van der Waals surface area (Å²) < 4.78 is 5.80. The van der Waals surface area contributed by atoms with Crippen LogP contribution in [0.2, 0.25) is 0 Å². The Hall–Kier alpha value is -2.74. The Morgan fingerprint density at radius 2 is 1.96 bits per heavy atom. The molecule has 126 valence electrons. The summed E-state index contributed by atoms with van der Waals surface area (Å²) in [5.74, 6) is -1.11. The Kier molecular flexibility index (Phi) is 4.06. The number of fused-ring (bicyclic) bond motifs is 1. The maximum Gasteiger partial charge on any atom is 0.328 e. The molecule has 8 heteroatoms. The fourth-order valence-corrected chi connectivity index (χ4v) is 2.99. The largest absolute Gasteiger partial charge is 0.467 e. The molecule has 1 aromatic carbocycles. The molecule has 0 spiro atoms. The minimum Gasteiger partial charge on any atom is -0.467 e. The van der Waals surface area contributed by atoms with Gasteiger partial charge in [-0.1, -0.05) is 18.2 Å². The molecule has 0 aliphatic carbocycles. The van der Waals surface area contributed by atoms with Gasteiger partial charge in [0.25, 0.3) is 11.5 Å². The Morgan fingerprint density at radius 1 is 1.29 bits per heavy atom. The van der Waals surface area contributed by atoms with Gasteiger partial charge in [-0.3, -0.25) is 9.59 Å². The van der Waals surface area contributed by atoms with Gasteiger partial charge in [-0.15, -0.1) is 0 Å². The Morgan fingerprint density at radius 3 is 2.62 bits per heavy atom. The van der Waals surface area contributed by atoms with E-state index < -0.39 is 24.0 Å². The summed E-state index contributed by atoms with van der Waals surface area (Å²) in [6.07, 6.45) is -0.695. The van der Waals surface area contributed by atoms with E-state index in [-0.39, 0.29) is 24.2 Å². The molecular formula is C16H17N3O5. The number of aliphatic hydroxyl groups excluding tert-OH is 1. The molecule has 1 saturated heterocycles. The second-order valence-electron chi connectivity index (χ2n) is 5.71. The number of aliphatic hydroxyl groups is 1. The lowest BCUT2D eigenvalue weighted by Gasteiger charge is -2.22. The molecule has 1 fully saturated rings. The number of methoxy groups -OCH3 is 1. The van der Waals surface area contributed by atoms with E-state index in [4.69, 9.17) is 4.74 Å².